The van der Waals surface area contributed by atoms with Gasteiger partial charge in [-0.05, 0) is 50.6 Å². The number of furan rings is 1. The number of carbonyl (C=O) groups is 1. The van der Waals surface area contributed by atoms with E-state index in [1.165, 1.54) is 19.3 Å². The second kappa shape index (κ2) is 6.79. The molecule has 0 radical (unpaired) electrons. The molecule has 3 rings (SSSR count). The molecular formula is C18H22N2O2. The van der Waals surface area contributed by atoms with Crippen molar-refractivity contribution < 1.29 is 9.21 Å². The second-order valence-electron chi connectivity index (χ2n) is 5.88. The highest BCUT2D eigenvalue weighted by Crippen LogP contribution is 2.21. The maximum Gasteiger partial charge on any atom is 0.291 e. The minimum absolute atomic E-state index is 0.186. The molecule has 2 aromatic rings. The summed E-state index contributed by atoms with van der Waals surface area (Å²) in [6.45, 7) is 5.03. The number of amides is 1. The molecule has 116 valence electrons. The van der Waals surface area contributed by atoms with E-state index in [0.29, 0.717) is 5.76 Å². The Morgan fingerprint density at radius 2 is 1.95 bits per heavy atom. The molecule has 0 saturated carbocycles. The maximum atomic E-state index is 12.3. The molecule has 4 heteroatoms. The van der Waals surface area contributed by atoms with E-state index >= 15 is 0 Å². The molecule has 1 saturated heterocycles. The number of nitrogens with one attached hydrogen (secondary N) is 1. The molecule has 0 spiro atoms. The van der Waals surface area contributed by atoms with Gasteiger partial charge in [0.05, 0.1) is 6.26 Å². The van der Waals surface area contributed by atoms with E-state index in [9.17, 15) is 4.79 Å². The zero-order chi connectivity index (χ0) is 15.4. The average molecular weight is 298 g/mol. The van der Waals surface area contributed by atoms with E-state index in [0.717, 1.165) is 36.4 Å². The molecule has 1 N–H and O–H groups in total. The Balaban J connectivity index is 1.73. The predicted octanol–water partition coefficient (Wildman–Crippen LogP) is 3.83. The van der Waals surface area contributed by atoms with E-state index in [-0.39, 0.29) is 5.91 Å². The average Bonchev–Trinajstić information content (AvgIpc) is 2.96. The molecule has 0 bridgehead atoms. The molecule has 1 aliphatic heterocycles. The molecule has 22 heavy (non-hydrogen) atoms. The van der Waals surface area contributed by atoms with Crippen molar-refractivity contribution in [1.82, 2.24) is 4.90 Å². The van der Waals surface area contributed by atoms with Gasteiger partial charge in [-0.2, -0.15) is 0 Å². The van der Waals surface area contributed by atoms with Crippen LogP contribution in [0.1, 0.15) is 40.9 Å². The second-order valence-corrected chi connectivity index (χ2v) is 5.88. The Morgan fingerprint density at radius 3 is 2.68 bits per heavy atom. The number of hydrogen-bond acceptors (Lipinski definition) is 3. The van der Waals surface area contributed by atoms with Gasteiger partial charge in [-0.15, -0.1) is 0 Å². The summed E-state index contributed by atoms with van der Waals surface area (Å²) < 4.78 is 5.27. The summed E-state index contributed by atoms with van der Waals surface area (Å²) in [5.74, 6) is 0.196. The number of para-hydroxylation sites is 1. The first-order chi connectivity index (χ1) is 10.7. The molecule has 1 aliphatic rings. The summed E-state index contributed by atoms with van der Waals surface area (Å²) in [4.78, 5) is 14.8. The molecule has 1 aromatic carbocycles. The van der Waals surface area contributed by atoms with Gasteiger partial charge < -0.3 is 9.73 Å². The number of hydrogen-bond donors (Lipinski definition) is 1. The zero-order valence-corrected chi connectivity index (χ0v) is 13.0. The number of benzene rings is 1. The molecule has 1 aromatic heterocycles. The minimum Gasteiger partial charge on any atom is -0.459 e. The quantitative estimate of drug-likeness (QED) is 0.933. The molecule has 1 fully saturated rings. The van der Waals surface area contributed by atoms with Crippen molar-refractivity contribution in [1.29, 1.82) is 0 Å². The molecular weight excluding hydrogens is 276 g/mol. The van der Waals surface area contributed by atoms with Gasteiger partial charge >= 0.3 is 0 Å². The van der Waals surface area contributed by atoms with Gasteiger partial charge in [0.1, 0.15) is 0 Å². The standard InChI is InChI=1S/C18H22N2O2/c1-14-9-12-22-17(14)18(21)19-16-8-4-3-7-15(16)13-20-10-5-2-6-11-20/h3-4,7-9,12H,2,5-6,10-11,13H2,1H3,(H,19,21). The summed E-state index contributed by atoms with van der Waals surface area (Å²) in [5.41, 5.74) is 2.88. The van der Waals surface area contributed by atoms with Crippen LogP contribution in [0, 0.1) is 6.92 Å². The van der Waals surface area contributed by atoms with Gasteiger partial charge in [-0.1, -0.05) is 24.6 Å². The zero-order valence-electron chi connectivity index (χ0n) is 13.0. The highest BCUT2D eigenvalue weighted by atomic mass is 16.3. The Morgan fingerprint density at radius 1 is 1.18 bits per heavy atom. The lowest BCUT2D eigenvalue weighted by Gasteiger charge is -2.27. The number of anilines is 1. The van der Waals surface area contributed by atoms with Crippen LogP contribution in [0.2, 0.25) is 0 Å². The normalized spacial score (nSPS) is 15.7. The fraction of sp³-hybridized carbons (Fsp3) is 0.389. The third-order valence-electron chi connectivity index (χ3n) is 4.18. The Bertz CT molecular complexity index is 642. The van der Waals surface area contributed by atoms with Crippen LogP contribution in [-0.2, 0) is 6.54 Å². The minimum atomic E-state index is -0.186. The Hall–Kier alpha value is -2.07. The van der Waals surface area contributed by atoms with Crippen molar-refractivity contribution in [2.24, 2.45) is 0 Å². The number of rotatable bonds is 4. The van der Waals surface area contributed by atoms with Gasteiger partial charge in [0, 0.05) is 17.8 Å². The number of piperidine rings is 1. The van der Waals surface area contributed by atoms with E-state index in [4.69, 9.17) is 4.42 Å². The van der Waals surface area contributed by atoms with Gasteiger partial charge in [0.2, 0.25) is 0 Å². The smallest absolute Gasteiger partial charge is 0.291 e. The fourth-order valence-corrected chi connectivity index (χ4v) is 2.92. The fourth-order valence-electron chi connectivity index (χ4n) is 2.92. The van der Waals surface area contributed by atoms with Crippen LogP contribution < -0.4 is 5.32 Å². The number of carbonyl (C=O) groups excluding carboxylic acids is 1. The van der Waals surface area contributed by atoms with Crippen LogP contribution in [-0.4, -0.2) is 23.9 Å². The first-order valence-electron chi connectivity index (χ1n) is 7.90. The predicted molar refractivity (Wildman–Crippen MR) is 87.0 cm³/mol. The Kier molecular flexibility index (Phi) is 4.59. The SMILES string of the molecule is Cc1ccoc1C(=O)Nc1ccccc1CN1CCCCC1. The van der Waals surface area contributed by atoms with Crippen molar-refractivity contribution in [2.75, 3.05) is 18.4 Å². The van der Waals surface area contributed by atoms with Crippen molar-refractivity contribution in [3.05, 3.63) is 53.5 Å². The first-order valence-corrected chi connectivity index (χ1v) is 7.90. The largest absolute Gasteiger partial charge is 0.459 e. The van der Waals surface area contributed by atoms with Crippen molar-refractivity contribution in [2.45, 2.75) is 32.7 Å². The van der Waals surface area contributed by atoms with Gasteiger partial charge in [0.15, 0.2) is 5.76 Å². The number of aryl methyl sites for hydroxylation is 1. The van der Waals surface area contributed by atoms with E-state index in [1.807, 2.05) is 25.1 Å². The summed E-state index contributed by atoms with van der Waals surface area (Å²) in [6.07, 6.45) is 5.40. The molecule has 0 atom stereocenters. The molecule has 1 amide bonds. The summed E-state index contributed by atoms with van der Waals surface area (Å²) in [6, 6.07) is 9.81. The van der Waals surface area contributed by atoms with Crippen molar-refractivity contribution in [3.63, 3.8) is 0 Å². The number of nitrogens with zero attached hydrogens (tertiary/aromatic N) is 1. The summed E-state index contributed by atoms with van der Waals surface area (Å²) >= 11 is 0. The highest BCUT2D eigenvalue weighted by molar-refractivity contribution is 6.03. The van der Waals surface area contributed by atoms with Crippen LogP contribution in [0.3, 0.4) is 0 Å². The summed E-state index contributed by atoms with van der Waals surface area (Å²) in [5, 5.41) is 2.98. The van der Waals surface area contributed by atoms with Gasteiger partial charge in [-0.25, -0.2) is 0 Å². The lowest BCUT2D eigenvalue weighted by Crippen LogP contribution is -2.29. The molecule has 0 aliphatic carbocycles. The third kappa shape index (κ3) is 3.39. The van der Waals surface area contributed by atoms with Crippen LogP contribution >= 0.6 is 0 Å². The van der Waals surface area contributed by atoms with Crippen molar-refractivity contribution in [3.8, 4) is 0 Å². The third-order valence-corrected chi connectivity index (χ3v) is 4.18. The summed E-state index contributed by atoms with van der Waals surface area (Å²) in [7, 11) is 0. The monoisotopic (exact) mass is 298 g/mol. The van der Waals surface area contributed by atoms with Crippen LogP contribution in [0.25, 0.3) is 0 Å². The topological polar surface area (TPSA) is 45.5 Å². The Labute approximate surface area is 131 Å². The lowest BCUT2D eigenvalue weighted by atomic mass is 10.1. The van der Waals surface area contributed by atoms with E-state index in [1.54, 1.807) is 12.3 Å². The molecule has 0 unspecified atom stereocenters. The molecule has 2 heterocycles. The maximum absolute atomic E-state index is 12.3. The van der Waals surface area contributed by atoms with E-state index < -0.39 is 0 Å². The first kappa shape index (κ1) is 14.9. The van der Waals surface area contributed by atoms with Crippen LogP contribution in [0.5, 0.6) is 0 Å². The van der Waals surface area contributed by atoms with Crippen LogP contribution in [0.4, 0.5) is 5.69 Å². The number of likely N-dealkylation sites (tertiary alicyclic amines) is 1. The van der Waals surface area contributed by atoms with Crippen molar-refractivity contribution >= 4 is 11.6 Å². The van der Waals surface area contributed by atoms with Gasteiger partial charge in [-0.3, -0.25) is 9.69 Å². The highest BCUT2D eigenvalue weighted by Gasteiger charge is 2.16. The molecule has 4 nitrogen and oxygen atoms in total. The van der Waals surface area contributed by atoms with E-state index in [2.05, 4.69) is 16.3 Å². The lowest BCUT2D eigenvalue weighted by molar-refractivity contribution is 0.0995. The van der Waals surface area contributed by atoms with Gasteiger partial charge in [0.25, 0.3) is 5.91 Å². The van der Waals surface area contributed by atoms with Crippen LogP contribution in [0.15, 0.2) is 41.0 Å².